The van der Waals surface area contributed by atoms with Crippen molar-refractivity contribution in [3.63, 3.8) is 0 Å². The Bertz CT molecular complexity index is 195. The molecule has 0 fully saturated rings. The maximum Gasteiger partial charge on any atom is 0.0653 e. The van der Waals surface area contributed by atoms with E-state index in [0.717, 1.165) is 13.0 Å². The highest BCUT2D eigenvalue weighted by Crippen LogP contribution is 2.31. The van der Waals surface area contributed by atoms with E-state index in [2.05, 4.69) is 48.5 Å². The van der Waals surface area contributed by atoms with Gasteiger partial charge in [0, 0.05) is 6.61 Å². The summed E-state index contributed by atoms with van der Waals surface area (Å²) in [5, 5.41) is 8.96. The Balaban J connectivity index is 4.27. The van der Waals surface area contributed by atoms with Crippen LogP contribution >= 0.6 is 0 Å². The summed E-state index contributed by atoms with van der Waals surface area (Å²) in [7, 11) is 0. The fourth-order valence-electron chi connectivity index (χ4n) is 1.22. The van der Waals surface area contributed by atoms with Gasteiger partial charge in [-0.2, -0.15) is 0 Å². The second kappa shape index (κ2) is 6.02. The molecule has 1 atom stereocenters. The molecule has 2 heteroatoms. The van der Waals surface area contributed by atoms with E-state index in [4.69, 9.17) is 9.84 Å². The molecule has 0 rings (SSSR count). The van der Waals surface area contributed by atoms with Crippen LogP contribution in [0.2, 0.25) is 0 Å². The lowest BCUT2D eigenvalue weighted by Crippen LogP contribution is -2.38. The second-order valence-corrected chi connectivity index (χ2v) is 6.45. The molecule has 0 heterocycles. The average molecular weight is 230 g/mol. The summed E-state index contributed by atoms with van der Waals surface area (Å²) in [6, 6.07) is 0. The Morgan fingerprint density at radius 2 is 1.56 bits per heavy atom. The van der Waals surface area contributed by atoms with Gasteiger partial charge in [0.1, 0.15) is 0 Å². The quantitative estimate of drug-likeness (QED) is 0.725. The molecule has 16 heavy (non-hydrogen) atoms. The van der Waals surface area contributed by atoms with Gasteiger partial charge in [-0.05, 0) is 37.5 Å². The van der Waals surface area contributed by atoms with Gasteiger partial charge in [-0.25, -0.2) is 0 Å². The van der Waals surface area contributed by atoms with Gasteiger partial charge in [-0.3, -0.25) is 0 Å². The van der Waals surface area contributed by atoms with Gasteiger partial charge in [0.15, 0.2) is 0 Å². The normalized spacial score (nSPS) is 15.6. The van der Waals surface area contributed by atoms with Crippen LogP contribution < -0.4 is 0 Å². The van der Waals surface area contributed by atoms with Crippen molar-refractivity contribution in [1.82, 2.24) is 0 Å². The van der Waals surface area contributed by atoms with Crippen LogP contribution in [0.25, 0.3) is 0 Å². The average Bonchev–Trinajstić information content (AvgIpc) is 2.15. The van der Waals surface area contributed by atoms with E-state index >= 15 is 0 Å². The molecule has 0 saturated heterocycles. The lowest BCUT2D eigenvalue weighted by atomic mass is 9.81. The lowest BCUT2D eigenvalue weighted by molar-refractivity contribution is -0.0970. The molecule has 1 unspecified atom stereocenters. The van der Waals surface area contributed by atoms with Crippen molar-refractivity contribution in [2.75, 3.05) is 13.2 Å². The first-order chi connectivity index (χ1) is 7.13. The van der Waals surface area contributed by atoms with E-state index in [1.54, 1.807) is 0 Å². The van der Waals surface area contributed by atoms with Gasteiger partial charge >= 0.3 is 0 Å². The Labute approximate surface area is 101 Å². The number of hydrogen-bond donors (Lipinski definition) is 1. The first-order valence-electron chi connectivity index (χ1n) is 6.38. The fraction of sp³-hybridized carbons (Fsp3) is 1.00. The van der Waals surface area contributed by atoms with Gasteiger partial charge < -0.3 is 9.84 Å². The number of aliphatic hydroxyl groups is 1. The number of aliphatic hydroxyl groups excluding tert-OH is 1. The van der Waals surface area contributed by atoms with Crippen molar-refractivity contribution in [2.45, 2.75) is 60.5 Å². The summed E-state index contributed by atoms with van der Waals surface area (Å²) in [4.78, 5) is 0. The van der Waals surface area contributed by atoms with Crippen molar-refractivity contribution in [1.29, 1.82) is 0 Å². The molecule has 2 nitrogen and oxygen atoms in total. The molecule has 0 bridgehead atoms. The molecule has 0 aromatic heterocycles. The predicted octanol–water partition coefficient (Wildman–Crippen LogP) is 3.48. The monoisotopic (exact) mass is 230 g/mol. The molecule has 0 spiro atoms. The minimum Gasteiger partial charge on any atom is -0.396 e. The van der Waals surface area contributed by atoms with Crippen LogP contribution in [0.3, 0.4) is 0 Å². The van der Waals surface area contributed by atoms with Crippen molar-refractivity contribution in [3.8, 4) is 0 Å². The van der Waals surface area contributed by atoms with E-state index in [0.29, 0.717) is 11.8 Å². The summed E-state index contributed by atoms with van der Waals surface area (Å²) in [6.07, 6.45) is 0.801. The minimum atomic E-state index is -0.158. The highest BCUT2D eigenvalue weighted by Gasteiger charge is 2.30. The molecular formula is C14H30O2. The molecule has 0 aromatic carbocycles. The third kappa shape index (κ3) is 4.84. The van der Waals surface area contributed by atoms with Crippen LogP contribution in [0.4, 0.5) is 0 Å². The zero-order valence-corrected chi connectivity index (χ0v) is 12.1. The number of hydrogen-bond acceptors (Lipinski definition) is 2. The van der Waals surface area contributed by atoms with Gasteiger partial charge in [0.25, 0.3) is 0 Å². The molecule has 0 aromatic rings. The summed E-state index contributed by atoms with van der Waals surface area (Å²) in [5.74, 6) is 0.983. The van der Waals surface area contributed by atoms with E-state index in [1.807, 2.05) is 0 Å². The Kier molecular flexibility index (Phi) is 5.99. The van der Waals surface area contributed by atoms with Crippen molar-refractivity contribution in [2.24, 2.45) is 17.3 Å². The first-order valence-corrected chi connectivity index (χ1v) is 6.38. The molecule has 0 aliphatic rings. The third-order valence-electron chi connectivity index (χ3n) is 4.13. The van der Waals surface area contributed by atoms with Crippen LogP contribution in [0.1, 0.15) is 54.9 Å². The van der Waals surface area contributed by atoms with Crippen LogP contribution in [-0.2, 0) is 4.74 Å². The van der Waals surface area contributed by atoms with Gasteiger partial charge in [-0.15, -0.1) is 0 Å². The van der Waals surface area contributed by atoms with Gasteiger partial charge in [0.2, 0.25) is 0 Å². The Morgan fingerprint density at radius 1 is 1.06 bits per heavy atom. The molecular weight excluding hydrogens is 200 g/mol. The molecule has 0 radical (unpaired) electrons. The highest BCUT2D eigenvalue weighted by atomic mass is 16.5. The van der Waals surface area contributed by atoms with E-state index in [1.165, 1.54) is 0 Å². The first kappa shape index (κ1) is 15.9. The fourth-order valence-corrected chi connectivity index (χ4v) is 1.22. The number of ether oxygens (including phenoxy) is 1. The lowest BCUT2D eigenvalue weighted by Gasteiger charge is -2.37. The van der Waals surface area contributed by atoms with E-state index in [-0.39, 0.29) is 17.6 Å². The standard InChI is InChI=1S/C14H30O2/c1-11(2)13(4,5)10-16-14(6,7)12(3)8-9-15/h11-12,15H,8-10H2,1-7H3. The zero-order chi connectivity index (χ0) is 13.0. The Morgan fingerprint density at radius 3 is 1.94 bits per heavy atom. The van der Waals surface area contributed by atoms with E-state index < -0.39 is 0 Å². The largest absolute Gasteiger partial charge is 0.396 e. The second-order valence-electron chi connectivity index (χ2n) is 6.45. The summed E-state index contributed by atoms with van der Waals surface area (Å²) in [5.41, 5.74) is 0.0467. The highest BCUT2D eigenvalue weighted by molar-refractivity contribution is 4.79. The van der Waals surface area contributed by atoms with Crippen molar-refractivity contribution >= 4 is 0 Å². The predicted molar refractivity (Wildman–Crippen MR) is 69.5 cm³/mol. The SMILES string of the molecule is CC(C)C(C)(C)COC(C)(C)C(C)CCO. The van der Waals surface area contributed by atoms with Gasteiger partial charge in [0.05, 0.1) is 12.2 Å². The van der Waals surface area contributed by atoms with Crippen LogP contribution in [0.15, 0.2) is 0 Å². The zero-order valence-electron chi connectivity index (χ0n) is 12.1. The third-order valence-corrected chi connectivity index (χ3v) is 4.13. The van der Waals surface area contributed by atoms with Crippen LogP contribution in [0.5, 0.6) is 0 Å². The van der Waals surface area contributed by atoms with Crippen molar-refractivity contribution < 1.29 is 9.84 Å². The molecule has 1 N–H and O–H groups in total. The molecule has 98 valence electrons. The molecule has 0 saturated carbocycles. The smallest absolute Gasteiger partial charge is 0.0653 e. The maximum atomic E-state index is 8.96. The van der Waals surface area contributed by atoms with Crippen LogP contribution in [0, 0.1) is 17.3 Å². The topological polar surface area (TPSA) is 29.5 Å². The molecule has 0 aliphatic carbocycles. The van der Waals surface area contributed by atoms with E-state index in [9.17, 15) is 0 Å². The Hall–Kier alpha value is -0.0800. The summed E-state index contributed by atoms with van der Waals surface area (Å²) in [6.45, 7) is 16.3. The molecule has 0 aliphatic heterocycles. The maximum absolute atomic E-state index is 8.96. The van der Waals surface area contributed by atoms with Gasteiger partial charge in [-0.1, -0.05) is 34.6 Å². The summed E-state index contributed by atoms with van der Waals surface area (Å²) < 4.78 is 6.06. The molecule has 0 amide bonds. The number of rotatable bonds is 7. The van der Waals surface area contributed by atoms with Crippen LogP contribution in [-0.4, -0.2) is 23.9 Å². The van der Waals surface area contributed by atoms with Crippen molar-refractivity contribution in [3.05, 3.63) is 0 Å². The summed E-state index contributed by atoms with van der Waals surface area (Å²) >= 11 is 0. The minimum absolute atomic E-state index is 0.158.